The van der Waals surface area contributed by atoms with Crippen LogP contribution in [0.5, 0.6) is 0 Å². The minimum atomic E-state index is -3.71. The Hall–Kier alpha value is -1.96. The van der Waals surface area contributed by atoms with Gasteiger partial charge >= 0.3 is 0 Å². The van der Waals surface area contributed by atoms with Gasteiger partial charge < -0.3 is 0 Å². The zero-order valence-corrected chi connectivity index (χ0v) is 13.5. The molecule has 0 amide bonds. The highest BCUT2D eigenvalue weighted by Crippen LogP contribution is 2.31. The molecule has 0 fully saturated rings. The second-order valence-corrected chi connectivity index (χ2v) is 7.68. The first-order valence-electron chi connectivity index (χ1n) is 7.05. The van der Waals surface area contributed by atoms with Crippen molar-refractivity contribution >= 4 is 32.7 Å². The maximum Gasteiger partial charge on any atom is 0.245 e. The van der Waals surface area contributed by atoms with Crippen molar-refractivity contribution in [2.75, 3.05) is 6.54 Å². The minimum absolute atomic E-state index is 0.0672. The van der Waals surface area contributed by atoms with Gasteiger partial charge in [0.1, 0.15) is 4.90 Å². The molecule has 1 aliphatic rings. The molecule has 0 bridgehead atoms. The normalized spacial score (nSPS) is 15.7. The number of hydrogen-bond donors (Lipinski definition) is 0. The largest absolute Gasteiger partial charge is 0.245 e. The van der Waals surface area contributed by atoms with Crippen LogP contribution in [0, 0.1) is 0 Å². The summed E-state index contributed by atoms with van der Waals surface area (Å²) >= 11 is 6.00. The van der Waals surface area contributed by atoms with E-state index in [0.29, 0.717) is 24.5 Å². The van der Waals surface area contributed by atoms with Crippen LogP contribution >= 0.6 is 11.6 Å². The molecule has 118 valence electrons. The maximum atomic E-state index is 13.0. The number of halogens is 1. The van der Waals surface area contributed by atoms with Crippen LogP contribution in [-0.4, -0.2) is 29.6 Å². The van der Waals surface area contributed by atoms with Gasteiger partial charge in [-0.2, -0.15) is 4.31 Å². The fourth-order valence-electron chi connectivity index (χ4n) is 2.84. The number of sulfonamides is 1. The highest BCUT2D eigenvalue weighted by molar-refractivity contribution is 7.89. The van der Waals surface area contributed by atoms with Crippen LogP contribution in [0.1, 0.15) is 11.1 Å². The lowest BCUT2D eigenvalue weighted by Gasteiger charge is -2.28. The highest BCUT2D eigenvalue weighted by atomic mass is 35.5. The predicted octanol–water partition coefficient (Wildman–Crippen LogP) is 2.62. The quantitative estimate of drug-likeness (QED) is 0.710. The fourth-order valence-corrected chi connectivity index (χ4v) is 4.56. The molecular formula is C15H12ClN3O3S. The zero-order valence-electron chi connectivity index (χ0n) is 11.9. The topological polar surface area (TPSA) is 76.3 Å². The second kappa shape index (κ2) is 5.30. The second-order valence-electron chi connectivity index (χ2n) is 5.36. The monoisotopic (exact) mass is 349 g/mol. The van der Waals surface area contributed by atoms with Crippen LogP contribution in [-0.2, 0) is 23.0 Å². The van der Waals surface area contributed by atoms with E-state index < -0.39 is 10.0 Å². The van der Waals surface area contributed by atoms with E-state index in [-0.39, 0.29) is 15.9 Å². The van der Waals surface area contributed by atoms with Gasteiger partial charge in [0.05, 0.1) is 5.02 Å². The molecule has 0 unspecified atom stereocenters. The predicted molar refractivity (Wildman–Crippen MR) is 84.6 cm³/mol. The lowest BCUT2D eigenvalue weighted by atomic mass is 10.0. The highest BCUT2D eigenvalue weighted by Gasteiger charge is 2.31. The molecule has 0 saturated carbocycles. The molecule has 6 nitrogen and oxygen atoms in total. The van der Waals surface area contributed by atoms with E-state index in [4.69, 9.17) is 11.6 Å². The van der Waals surface area contributed by atoms with Gasteiger partial charge in [-0.3, -0.25) is 0 Å². The Morgan fingerprint density at radius 1 is 1.04 bits per heavy atom. The van der Waals surface area contributed by atoms with Crippen LogP contribution in [0.3, 0.4) is 0 Å². The Balaban J connectivity index is 1.79. The van der Waals surface area contributed by atoms with Gasteiger partial charge in [0.15, 0.2) is 11.0 Å². The van der Waals surface area contributed by atoms with Gasteiger partial charge in [0, 0.05) is 13.1 Å². The van der Waals surface area contributed by atoms with Crippen molar-refractivity contribution in [2.45, 2.75) is 17.9 Å². The molecule has 1 aromatic heterocycles. The lowest BCUT2D eigenvalue weighted by molar-refractivity contribution is 0.315. The van der Waals surface area contributed by atoms with Gasteiger partial charge in [-0.05, 0) is 40.0 Å². The molecule has 3 aromatic rings. The Labute approximate surface area is 137 Å². The number of hydrogen-bond acceptors (Lipinski definition) is 5. The van der Waals surface area contributed by atoms with Crippen molar-refractivity contribution in [3.05, 3.63) is 52.5 Å². The summed E-state index contributed by atoms with van der Waals surface area (Å²) in [5.41, 5.74) is 2.62. The third-order valence-corrected chi connectivity index (χ3v) is 6.22. The van der Waals surface area contributed by atoms with Crippen molar-refractivity contribution in [1.82, 2.24) is 14.6 Å². The number of rotatable bonds is 2. The van der Waals surface area contributed by atoms with E-state index in [0.717, 1.165) is 5.56 Å². The van der Waals surface area contributed by atoms with Gasteiger partial charge in [-0.25, -0.2) is 13.0 Å². The molecule has 4 rings (SSSR count). The van der Waals surface area contributed by atoms with Crippen LogP contribution in [0.2, 0.25) is 5.02 Å². The van der Waals surface area contributed by atoms with E-state index >= 15 is 0 Å². The van der Waals surface area contributed by atoms with E-state index in [9.17, 15) is 8.42 Å². The first kappa shape index (κ1) is 14.6. The maximum absolute atomic E-state index is 13.0. The Morgan fingerprint density at radius 3 is 2.61 bits per heavy atom. The van der Waals surface area contributed by atoms with Crippen molar-refractivity contribution in [3.63, 3.8) is 0 Å². The van der Waals surface area contributed by atoms with Crippen LogP contribution in [0.25, 0.3) is 11.0 Å². The Kier molecular flexibility index (Phi) is 3.37. The molecule has 0 radical (unpaired) electrons. The summed E-state index contributed by atoms with van der Waals surface area (Å²) in [7, 11) is -3.71. The summed E-state index contributed by atoms with van der Waals surface area (Å²) in [4.78, 5) is 0.0672. The molecule has 2 aromatic carbocycles. The molecule has 0 saturated heterocycles. The van der Waals surface area contributed by atoms with Crippen LogP contribution in [0.15, 0.2) is 45.9 Å². The van der Waals surface area contributed by atoms with Gasteiger partial charge in [0.25, 0.3) is 0 Å². The van der Waals surface area contributed by atoms with Crippen molar-refractivity contribution in [1.29, 1.82) is 0 Å². The van der Waals surface area contributed by atoms with Gasteiger partial charge in [0.2, 0.25) is 10.0 Å². The summed E-state index contributed by atoms with van der Waals surface area (Å²) in [6, 6.07) is 10.8. The lowest BCUT2D eigenvalue weighted by Crippen LogP contribution is -2.36. The SMILES string of the molecule is O=S(=O)(c1ccc(Cl)c2nonc12)N1CCc2ccccc2C1. The van der Waals surface area contributed by atoms with Crippen LogP contribution < -0.4 is 0 Å². The average molecular weight is 350 g/mol. The van der Waals surface area contributed by atoms with Gasteiger partial charge in [-0.1, -0.05) is 35.9 Å². The smallest absolute Gasteiger partial charge is 0.243 e. The minimum Gasteiger partial charge on any atom is -0.243 e. The van der Waals surface area contributed by atoms with Crippen molar-refractivity contribution in [2.24, 2.45) is 0 Å². The first-order chi connectivity index (χ1) is 11.1. The Bertz CT molecular complexity index is 1000. The number of fused-ring (bicyclic) bond motifs is 2. The van der Waals surface area contributed by atoms with Crippen LogP contribution in [0.4, 0.5) is 0 Å². The summed E-state index contributed by atoms with van der Waals surface area (Å²) < 4.78 is 32.1. The fraction of sp³-hybridized carbons (Fsp3) is 0.200. The third-order valence-electron chi connectivity index (χ3n) is 4.04. The molecule has 1 aliphatic heterocycles. The molecule has 8 heteroatoms. The van der Waals surface area contributed by atoms with Gasteiger partial charge in [-0.15, -0.1) is 0 Å². The Morgan fingerprint density at radius 2 is 1.78 bits per heavy atom. The third kappa shape index (κ3) is 2.32. The summed E-state index contributed by atoms with van der Waals surface area (Å²) in [6.07, 6.45) is 0.684. The van der Waals surface area contributed by atoms with E-state index in [1.807, 2.05) is 24.3 Å². The molecule has 0 atom stereocenters. The molecule has 0 aliphatic carbocycles. The van der Waals surface area contributed by atoms with E-state index in [1.165, 1.54) is 22.0 Å². The molecule has 2 heterocycles. The van der Waals surface area contributed by atoms with Crippen molar-refractivity contribution < 1.29 is 13.0 Å². The van der Waals surface area contributed by atoms with Crippen molar-refractivity contribution in [3.8, 4) is 0 Å². The molecule has 0 spiro atoms. The summed E-state index contributed by atoms with van der Waals surface area (Å²) in [6.45, 7) is 0.767. The zero-order chi connectivity index (χ0) is 16.0. The molecular weight excluding hydrogens is 338 g/mol. The summed E-state index contributed by atoms with van der Waals surface area (Å²) in [5.74, 6) is 0. The average Bonchev–Trinajstić information content (AvgIpc) is 3.05. The summed E-state index contributed by atoms with van der Waals surface area (Å²) in [5, 5.41) is 7.69. The molecule has 23 heavy (non-hydrogen) atoms. The molecule has 0 N–H and O–H groups in total. The standard InChI is InChI=1S/C15H12ClN3O3S/c16-12-5-6-13(15-14(12)17-22-18-15)23(20,21)19-8-7-10-3-1-2-4-11(10)9-19/h1-6H,7-9H2. The van der Waals surface area contributed by atoms with E-state index in [1.54, 1.807) is 0 Å². The number of aromatic nitrogens is 2. The number of benzene rings is 2. The number of nitrogens with zero attached hydrogens (tertiary/aromatic N) is 3. The van der Waals surface area contributed by atoms with E-state index in [2.05, 4.69) is 14.9 Å². The first-order valence-corrected chi connectivity index (χ1v) is 8.87.